The molecule has 0 heterocycles. The van der Waals surface area contributed by atoms with E-state index in [1.54, 1.807) is 7.11 Å². The average Bonchev–Trinajstić information content (AvgIpc) is 2.04. The van der Waals surface area contributed by atoms with E-state index < -0.39 is 10.8 Å². The van der Waals surface area contributed by atoms with Crippen LogP contribution in [0.15, 0.2) is 0 Å². The lowest BCUT2D eigenvalue weighted by atomic mass is 10.1. The Morgan fingerprint density at radius 1 is 1.46 bits per heavy atom. The first kappa shape index (κ1) is 13.1. The van der Waals surface area contributed by atoms with Crippen molar-refractivity contribution >= 4 is 10.8 Å². The predicted octanol–water partition coefficient (Wildman–Crippen LogP) is 0.755. The monoisotopic (exact) mass is 207 g/mol. The summed E-state index contributed by atoms with van der Waals surface area (Å²) in [4.78, 5) is 0. The maximum Gasteiger partial charge on any atom is 0.0471 e. The van der Waals surface area contributed by atoms with E-state index in [9.17, 15) is 4.21 Å². The lowest BCUT2D eigenvalue weighted by Gasteiger charge is -2.14. The van der Waals surface area contributed by atoms with Crippen LogP contribution in [0, 0.1) is 5.92 Å². The molecule has 2 N–H and O–H groups in total. The second kappa shape index (κ2) is 7.47. The molecule has 0 aromatic carbocycles. The van der Waals surface area contributed by atoms with Crippen LogP contribution in [0.5, 0.6) is 0 Å². The fraction of sp³-hybridized carbons (Fsp3) is 1.00. The van der Waals surface area contributed by atoms with Gasteiger partial charge in [0.05, 0.1) is 0 Å². The van der Waals surface area contributed by atoms with Crippen molar-refractivity contribution in [3.63, 3.8) is 0 Å². The molecule has 0 aliphatic carbocycles. The van der Waals surface area contributed by atoms with Crippen molar-refractivity contribution in [2.75, 3.05) is 25.2 Å². The molecule has 0 fully saturated rings. The van der Waals surface area contributed by atoms with Crippen molar-refractivity contribution in [1.29, 1.82) is 0 Å². The Hall–Kier alpha value is 0.0700. The quantitative estimate of drug-likeness (QED) is 0.627. The Kier molecular flexibility index (Phi) is 7.51. The van der Waals surface area contributed by atoms with Gasteiger partial charge in [0.1, 0.15) is 0 Å². The van der Waals surface area contributed by atoms with Gasteiger partial charge in [-0.3, -0.25) is 4.21 Å². The molecule has 0 spiro atoms. The van der Waals surface area contributed by atoms with Gasteiger partial charge in [0, 0.05) is 42.1 Å². The zero-order valence-corrected chi connectivity index (χ0v) is 9.60. The summed E-state index contributed by atoms with van der Waals surface area (Å²) < 4.78 is 16.3. The number of rotatable bonds is 7. The Morgan fingerprint density at radius 2 is 2.08 bits per heavy atom. The second-order valence-corrected chi connectivity index (χ2v) is 5.19. The summed E-state index contributed by atoms with van der Waals surface area (Å²) in [6, 6.07) is 0.0587. The van der Waals surface area contributed by atoms with E-state index in [1.807, 2.05) is 0 Å². The molecule has 80 valence electrons. The zero-order chi connectivity index (χ0) is 10.3. The molecule has 0 saturated heterocycles. The molecule has 4 heteroatoms. The van der Waals surface area contributed by atoms with Gasteiger partial charge in [0.15, 0.2) is 0 Å². The van der Waals surface area contributed by atoms with Crippen molar-refractivity contribution in [3.8, 4) is 0 Å². The second-order valence-electron chi connectivity index (χ2n) is 3.56. The topological polar surface area (TPSA) is 52.3 Å². The highest BCUT2D eigenvalue weighted by Crippen LogP contribution is 2.01. The molecule has 13 heavy (non-hydrogen) atoms. The summed E-state index contributed by atoms with van der Waals surface area (Å²) in [5.41, 5.74) is 5.80. The van der Waals surface area contributed by atoms with Gasteiger partial charge >= 0.3 is 0 Å². The first-order chi connectivity index (χ1) is 6.07. The van der Waals surface area contributed by atoms with E-state index in [1.165, 1.54) is 0 Å². The first-order valence-corrected chi connectivity index (χ1v) is 6.16. The van der Waals surface area contributed by atoms with E-state index in [0.29, 0.717) is 24.0 Å². The Bertz CT molecular complexity index is 151. The maximum absolute atomic E-state index is 11.4. The largest absolute Gasteiger partial charge is 0.385 e. The summed E-state index contributed by atoms with van der Waals surface area (Å²) in [6.07, 6.45) is 0.855. The van der Waals surface area contributed by atoms with Crippen molar-refractivity contribution in [2.24, 2.45) is 11.7 Å². The van der Waals surface area contributed by atoms with Gasteiger partial charge in [0.2, 0.25) is 0 Å². The molecule has 0 aromatic heterocycles. The molecule has 0 amide bonds. The van der Waals surface area contributed by atoms with Crippen molar-refractivity contribution in [2.45, 2.75) is 26.3 Å². The van der Waals surface area contributed by atoms with Gasteiger partial charge in [-0.2, -0.15) is 0 Å². The van der Waals surface area contributed by atoms with Gasteiger partial charge in [0.25, 0.3) is 0 Å². The molecule has 3 nitrogen and oxygen atoms in total. The van der Waals surface area contributed by atoms with E-state index in [4.69, 9.17) is 10.5 Å². The molecule has 0 bridgehead atoms. The minimum atomic E-state index is -0.777. The summed E-state index contributed by atoms with van der Waals surface area (Å²) >= 11 is 0. The highest BCUT2D eigenvalue weighted by Gasteiger charge is 2.11. The molecule has 2 unspecified atom stereocenters. The van der Waals surface area contributed by atoms with Crippen LogP contribution in [0.3, 0.4) is 0 Å². The Morgan fingerprint density at radius 3 is 2.54 bits per heavy atom. The van der Waals surface area contributed by atoms with Crippen molar-refractivity contribution in [1.82, 2.24) is 0 Å². The van der Waals surface area contributed by atoms with Crippen LogP contribution >= 0.6 is 0 Å². The summed E-state index contributed by atoms with van der Waals surface area (Å²) in [5.74, 6) is 1.72. The van der Waals surface area contributed by atoms with Crippen LogP contribution < -0.4 is 5.73 Å². The minimum Gasteiger partial charge on any atom is -0.385 e. The van der Waals surface area contributed by atoms with Crippen LogP contribution in [0.25, 0.3) is 0 Å². The summed E-state index contributed by atoms with van der Waals surface area (Å²) in [7, 11) is 0.878. The third-order valence-corrected chi connectivity index (χ3v) is 3.46. The highest BCUT2D eigenvalue weighted by atomic mass is 32.2. The molecule has 0 aliphatic heterocycles. The lowest BCUT2D eigenvalue weighted by Crippen LogP contribution is -2.33. The molecule has 0 aliphatic rings. The normalized spacial score (nSPS) is 16.1. The third-order valence-electron chi connectivity index (χ3n) is 1.96. The molecule has 0 rings (SSSR count). The van der Waals surface area contributed by atoms with Crippen molar-refractivity contribution < 1.29 is 8.95 Å². The third kappa shape index (κ3) is 7.16. The van der Waals surface area contributed by atoms with Crippen LogP contribution in [0.2, 0.25) is 0 Å². The smallest absolute Gasteiger partial charge is 0.0471 e. The maximum atomic E-state index is 11.4. The summed E-state index contributed by atoms with van der Waals surface area (Å²) in [5, 5.41) is 0. The predicted molar refractivity (Wildman–Crippen MR) is 57.2 cm³/mol. The number of hydrogen-bond acceptors (Lipinski definition) is 3. The van der Waals surface area contributed by atoms with E-state index in [2.05, 4.69) is 13.8 Å². The SMILES string of the molecule is COCCCS(=O)CC(N)C(C)C. The van der Waals surface area contributed by atoms with Crippen LogP contribution in [0.1, 0.15) is 20.3 Å². The van der Waals surface area contributed by atoms with E-state index in [0.717, 1.165) is 6.42 Å². The van der Waals surface area contributed by atoms with Gasteiger partial charge < -0.3 is 10.5 Å². The zero-order valence-electron chi connectivity index (χ0n) is 8.79. The van der Waals surface area contributed by atoms with Gasteiger partial charge in [-0.1, -0.05) is 13.8 Å². The average molecular weight is 207 g/mol. The van der Waals surface area contributed by atoms with Crippen molar-refractivity contribution in [3.05, 3.63) is 0 Å². The number of nitrogens with two attached hydrogens (primary N) is 1. The number of methoxy groups -OCH3 is 1. The van der Waals surface area contributed by atoms with Gasteiger partial charge in [-0.25, -0.2) is 0 Å². The molecular formula is C9H21NO2S. The van der Waals surface area contributed by atoms with E-state index >= 15 is 0 Å². The van der Waals surface area contributed by atoms with E-state index in [-0.39, 0.29) is 6.04 Å². The molecule has 0 aromatic rings. The summed E-state index contributed by atoms with van der Waals surface area (Å²) in [6.45, 7) is 4.79. The molecule has 0 saturated carbocycles. The Balaban J connectivity index is 3.50. The fourth-order valence-electron chi connectivity index (χ4n) is 0.855. The standard InChI is InChI=1S/C9H21NO2S/c1-8(2)9(10)7-13(11)6-4-5-12-3/h8-9H,4-7,10H2,1-3H3. The number of hydrogen-bond donors (Lipinski definition) is 1. The molecule has 2 atom stereocenters. The molecule has 0 radical (unpaired) electrons. The molecular weight excluding hydrogens is 186 g/mol. The highest BCUT2D eigenvalue weighted by molar-refractivity contribution is 7.85. The van der Waals surface area contributed by atoms with Crippen LogP contribution in [0.4, 0.5) is 0 Å². The first-order valence-electron chi connectivity index (χ1n) is 4.67. The number of ether oxygens (including phenoxy) is 1. The lowest BCUT2D eigenvalue weighted by molar-refractivity contribution is 0.200. The van der Waals surface area contributed by atoms with Gasteiger partial charge in [-0.05, 0) is 12.3 Å². The van der Waals surface area contributed by atoms with Gasteiger partial charge in [-0.15, -0.1) is 0 Å². The van der Waals surface area contributed by atoms with Crippen LogP contribution in [-0.4, -0.2) is 35.5 Å². The van der Waals surface area contributed by atoms with Crippen LogP contribution in [-0.2, 0) is 15.5 Å². The minimum absolute atomic E-state index is 0.0587. The fourth-order valence-corrected chi connectivity index (χ4v) is 2.28. The Labute approximate surface area is 83.5 Å².